The van der Waals surface area contributed by atoms with Gasteiger partial charge in [-0.05, 0) is 50.2 Å². The molecule has 0 aromatic carbocycles. The van der Waals surface area contributed by atoms with Gasteiger partial charge in [-0.15, -0.1) is 0 Å². The van der Waals surface area contributed by atoms with Crippen LogP contribution in [0, 0.1) is 11.8 Å². The van der Waals surface area contributed by atoms with Crippen LogP contribution in [-0.2, 0) is 4.74 Å². The van der Waals surface area contributed by atoms with Crippen molar-refractivity contribution in [2.24, 2.45) is 11.8 Å². The van der Waals surface area contributed by atoms with Gasteiger partial charge in [0, 0.05) is 12.4 Å². The van der Waals surface area contributed by atoms with Crippen LogP contribution in [0.5, 0.6) is 0 Å². The van der Waals surface area contributed by atoms with Crippen LogP contribution in [0.4, 0.5) is 0 Å². The van der Waals surface area contributed by atoms with Crippen LogP contribution >= 0.6 is 11.8 Å². The SMILES string of the molecule is CC(O)CC(C)C1CCOC2(CCSC2)C1. The Morgan fingerprint density at radius 1 is 1.50 bits per heavy atom. The molecule has 1 N–H and O–H groups in total. The Kier molecular flexibility index (Phi) is 4.20. The van der Waals surface area contributed by atoms with Gasteiger partial charge in [0.25, 0.3) is 0 Å². The zero-order valence-electron chi connectivity index (χ0n) is 10.4. The highest BCUT2D eigenvalue weighted by molar-refractivity contribution is 7.99. The summed E-state index contributed by atoms with van der Waals surface area (Å²) >= 11 is 2.03. The molecule has 0 aromatic heterocycles. The maximum atomic E-state index is 9.47. The van der Waals surface area contributed by atoms with Crippen molar-refractivity contribution in [3.8, 4) is 0 Å². The van der Waals surface area contributed by atoms with Crippen LogP contribution < -0.4 is 0 Å². The maximum Gasteiger partial charge on any atom is 0.0783 e. The van der Waals surface area contributed by atoms with E-state index in [1.54, 1.807) is 0 Å². The predicted molar refractivity (Wildman–Crippen MR) is 68.8 cm³/mol. The van der Waals surface area contributed by atoms with E-state index in [0.29, 0.717) is 5.92 Å². The van der Waals surface area contributed by atoms with Crippen LogP contribution in [0.1, 0.15) is 39.5 Å². The van der Waals surface area contributed by atoms with E-state index in [9.17, 15) is 5.11 Å². The molecule has 0 aliphatic carbocycles. The fourth-order valence-electron chi connectivity index (χ4n) is 3.15. The molecule has 94 valence electrons. The molecule has 0 radical (unpaired) electrons. The van der Waals surface area contributed by atoms with Gasteiger partial charge in [0.1, 0.15) is 0 Å². The van der Waals surface area contributed by atoms with Gasteiger partial charge < -0.3 is 9.84 Å². The number of aliphatic hydroxyl groups is 1. The number of thioether (sulfide) groups is 1. The first-order valence-corrected chi connectivity index (χ1v) is 7.66. The van der Waals surface area contributed by atoms with Crippen molar-refractivity contribution in [1.82, 2.24) is 0 Å². The van der Waals surface area contributed by atoms with E-state index in [2.05, 4.69) is 6.92 Å². The highest BCUT2D eigenvalue weighted by Gasteiger charge is 2.41. The number of hydrogen-bond donors (Lipinski definition) is 1. The van der Waals surface area contributed by atoms with Crippen molar-refractivity contribution >= 4 is 11.8 Å². The van der Waals surface area contributed by atoms with Gasteiger partial charge >= 0.3 is 0 Å². The van der Waals surface area contributed by atoms with Crippen LogP contribution in [-0.4, -0.2) is 34.9 Å². The molecule has 2 aliphatic rings. The third-order valence-electron chi connectivity index (χ3n) is 4.12. The lowest BCUT2D eigenvalue weighted by Crippen LogP contribution is -2.41. The minimum absolute atomic E-state index is 0.160. The molecule has 2 heterocycles. The Morgan fingerprint density at radius 3 is 2.94 bits per heavy atom. The summed E-state index contributed by atoms with van der Waals surface area (Å²) in [6.07, 6.45) is 4.41. The van der Waals surface area contributed by atoms with Gasteiger partial charge in [0.2, 0.25) is 0 Å². The van der Waals surface area contributed by atoms with Crippen molar-refractivity contribution < 1.29 is 9.84 Å². The molecule has 16 heavy (non-hydrogen) atoms. The highest BCUT2D eigenvalue weighted by Crippen LogP contribution is 2.43. The Balaban J connectivity index is 1.90. The summed E-state index contributed by atoms with van der Waals surface area (Å²) in [5.41, 5.74) is 0.195. The molecule has 4 atom stereocenters. The molecule has 2 saturated heterocycles. The topological polar surface area (TPSA) is 29.5 Å². The molecule has 2 rings (SSSR count). The smallest absolute Gasteiger partial charge is 0.0783 e. The summed E-state index contributed by atoms with van der Waals surface area (Å²) in [6.45, 7) is 5.12. The molecular formula is C13H24O2S. The minimum Gasteiger partial charge on any atom is -0.393 e. The Morgan fingerprint density at radius 2 is 2.31 bits per heavy atom. The summed E-state index contributed by atoms with van der Waals surface area (Å²) in [4.78, 5) is 0. The minimum atomic E-state index is -0.160. The van der Waals surface area contributed by atoms with Crippen LogP contribution in [0.15, 0.2) is 0 Å². The first kappa shape index (κ1) is 12.7. The van der Waals surface area contributed by atoms with E-state index in [4.69, 9.17) is 4.74 Å². The lowest BCUT2D eigenvalue weighted by molar-refractivity contribution is -0.0902. The number of rotatable bonds is 3. The Hall–Kier alpha value is 0.270. The third-order valence-corrected chi connectivity index (χ3v) is 5.34. The van der Waals surface area contributed by atoms with Crippen LogP contribution in [0.25, 0.3) is 0 Å². The number of hydrogen-bond acceptors (Lipinski definition) is 3. The van der Waals surface area contributed by atoms with Crippen LogP contribution in [0.2, 0.25) is 0 Å². The van der Waals surface area contributed by atoms with Crippen molar-refractivity contribution in [3.63, 3.8) is 0 Å². The third kappa shape index (κ3) is 2.93. The second-order valence-corrected chi connectivity index (χ2v) is 6.75. The van der Waals surface area contributed by atoms with Gasteiger partial charge in [-0.3, -0.25) is 0 Å². The highest BCUT2D eigenvalue weighted by atomic mass is 32.2. The lowest BCUT2D eigenvalue weighted by atomic mass is 9.77. The molecule has 0 aromatic rings. The molecule has 0 amide bonds. The van der Waals surface area contributed by atoms with E-state index in [-0.39, 0.29) is 11.7 Å². The Labute approximate surface area is 103 Å². The molecule has 3 heteroatoms. The second-order valence-electron chi connectivity index (χ2n) is 5.65. The van der Waals surface area contributed by atoms with E-state index in [0.717, 1.165) is 18.9 Å². The fraction of sp³-hybridized carbons (Fsp3) is 1.00. The number of ether oxygens (including phenoxy) is 1. The quantitative estimate of drug-likeness (QED) is 0.827. The van der Waals surface area contributed by atoms with Gasteiger partial charge in [0.15, 0.2) is 0 Å². The first-order chi connectivity index (χ1) is 7.61. The lowest BCUT2D eigenvalue weighted by Gasteiger charge is -2.40. The summed E-state index contributed by atoms with van der Waals surface area (Å²) in [6, 6.07) is 0. The molecular weight excluding hydrogens is 220 g/mol. The van der Waals surface area contributed by atoms with Crippen molar-refractivity contribution in [3.05, 3.63) is 0 Å². The number of aliphatic hydroxyl groups excluding tert-OH is 1. The normalized spacial score (nSPS) is 38.8. The van der Waals surface area contributed by atoms with Gasteiger partial charge in [-0.1, -0.05) is 6.92 Å². The molecule has 1 spiro atoms. The van der Waals surface area contributed by atoms with E-state index >= 15 is 0 Å². The van der Waals surface area contributed by atoms with Crippen molar-refractivity contribution in [2.75, 3.05) is 18.1 Å². The average molecular weight is 244 g/mol. The fourth-order valence-corrected chi connectivity index (χ4v) is 4.52. The molecule has 0 bridgehead atoms. The summed E-state index contributed by atoms with van der Waals surface area (Å²) in [5.74, 6) is 3.83. The van der Waals surface area contributed by atoms with E-state index in [1.807, 2.05) is 18.7 Å². The molecule has 0 saturated carbocycles. The van der Waals surface area contributed by atoms with Crippen molar-refractivity contribution in [1.29, 1.82) is 0 Å². The van der Waals surface area contributed by atoms with E-state index < -0.39 is 0 Å². The summed E-state index contributed by atoms with van der Waals surface area (Å²) in [5, 5.41) is 9.47. The molecule has 2 fully saturated rings. The van der Waals surface area contributed by atoms with Crippen molar-refractivity contribution in [2.45, 2.75) is 51.2 Å². The van der Waals surface area contributed by atoms with Gasteiger partial charge in [-0.25, -0.2) is 0 Å². The average Bonchev–Trinajstić information content (AvgIpc) is 2.65. The standard InChI is InChI=1S/C13H24O2S/c1-10(7-11(2)14)12-3-5-15-13(8-12)4-6-16-9-13/h10-12,14H,3-9H2,1-2H3. The van der Waals surface area contributed by atoms with E-state index in [1.165, 1.54) is 30.8 Å². The second kappa shape index (κ2) is 5.28. The van der Waals surface area contributed by atoms with Gasteiger partial charge in [0.05, 0.1) is 11.7 Å². The Bertz CT molecular complexity index is 224. The molecule has 4 unspecified atom stereocenters. The monoisotopic (exact) mass is 244 g/mol. The maximum absolute atomic E-state index is 9.47. The van der Waals surface area contributed by atoms with Gasteiger partial charge in [-0.2, -0.15) is 11.8 Å². The first-order valence-electron chi connectivity index (χ1n) is 6.51. The summed E-state index contributed by atoms with van der Waals surface area (Å²) < 4.78 is 6.03. The largest absolute Gasteiger partial charge is 0.393 e. The summed E-state index contributed by atoms with van der Waals surface area (Å²) in [7, 11) is 0. The zero-order chi connectivity index (χ0) is 11.6. The molecule has 2 nitrogen and oxygen atoms in total. The predicted octanol–water partition coefficient (Wildman–Crippen LogP) is 2.70. The van der Waals surface area contributed by atoms with Crippen LogP contribution in [0.3, 0.4) is 0 Å². The molecule has 2 aliphatic heterocycles. The zero-order valence-corrected chi connectivity index (χ0v) is 11.3.